The van der Waals surface area contributed by atoms with E-state index in [0.717, 1.165) is 44.5 Å². The maximum Gasteiger partial charge on any atom is 0.0782 e. The van der Waals surface area contributed by atoms with E-state index in [4.69, 9.17) is 0 Å². The van der Waals surface area contributed by atoms with Gasteiger partial charge in [0.2, 0.25) is 0 Å². The van der Waals surface area contributed by atoms with E-state index in [0.29, 0.717) is 0 Å². The number of hydrogen-bond donors (Lipinski definition) is 0. The van der Waals surface area contributed by atoms with E-state index in [1.807, 2.05) is 11.3 Å². The fourth-order valence-electron chi connectivity index (χ4n) is 10.4. The molecule has 0 atom stereocenters. The number of benzene rings is 9. The van der Waals surface area contributed by atoms with Gasteiger partial charge in [0.25, 0.3) is 0 Å². The first-order chi connectivity index (χ1) is 30.0. The maximum atomic E-state index is 2.48. The van der Waals surface area contributed by atoms with Crippen LogP contribution < -0.4 is 0 Å². The van der Waals surface area contributed by atoms with Gasteiger partial charge in [0.1, 0.15) is 0 Å². The van der Waals surface area contributed by atoms with Crippen molar-refractivity contribution in [2.45, 2.75) is 19.3 Å². The van der Waals surface area contributed by atoms with Gasteiger partial charge in [-0.3, -0.25) is 0 Å². The van der Waals surface area contributed by atoms with Gasteiger partial charge >= 0.3 is 0 Å². The maximum absolute atomic E-state index is 2.48. The molecular formula is C57H39N3S. The zero-order valence-corrected chi connectivity index (χ0v) is 34.6. The van der Waals surface area contributed by atoms with Gasteiger partial charge in [-0.15, -0.1) is 11.3 Å². The van der Waals surface area contributed by atoms with Crippen LogP contribution in [0.2, 0.25) is 0 Å². The number of nitrogens with zero attached hydrogens (tertiary/aromatic N) is 3. The molecule has 61 heavy (non-hydrogen) atoms. The third kappa shape index (κ3) is 5.03. The molecule has 3 nitrogen and oxygen atoms in total. The number of thiophene rings is 1. The van der Waals surface area contributed by atoms with Crippen LogP contribution in [0.3, 0.4) is 0 Å². The Labute approximate surface area is 356 Å². The van der Waals surface area contributed by atoms with Crippen molar-refractivity contribution in [2.24, 2.45) is 0 Å². The summed E-state index contributed by atoms with van der Waals surface area (Å²) in [6.07, 6.45) is 0. The van der Waals surface area contributed by atoms with Crippen molar-refractivity contribution in [3.8, 4) is 28.2 Å². The zero-order chi connectivity index (χ0) is 40.4. The van der Waals surface area contributed by atoms with Crippen LogP contribution in [-0.4, -0.2) is 13.7 Å². The van der Waals surface area contributed by atoms with Crippen LogP contribution in [-0.2, 0) is 5.41 Å². The van der Waals surface area contributed by atoms with Crippen LogP contribution in [0.4, 0.5) is 0 Å². The van der Waals surface area contributed by atoms with Crippen molar-refractivity contribution in [3.63, 3.8) is 0 Å². The quantitative estimate of drug-likeness (QED) is 0.169. The Morgan fingerprint density at radius 3 is 1.75 bits per heavy atom. The van der Waals surface area contributed by atoms with Crippen molar-refractivity contribution in [3.05, 3.63) is 211 Å². The lowest BCUT2D eigenvalue weighted by Crippen LogP contribution is -2.15. The Kier molecular flexibility index (Phi) is 7.23. The van der Waals surface area contributed by atoms with Gasteiger partial charge in [-0.2, -0.15) is 0 Å². The molecule has 0 saturated carbocycles. The van der Waals surface area contributed by atoms with Crippen LogP contribution in [0.1, 0.15) is 25.0 Å². The molecule has 9 aromatic carbocycles. The minimum atomic E-state index is -0.109. The predicted molar refractivity (Wildman–Crippen MR) is 260 cm³/mol. The number of para-hydroxylation sites is 3. The second-order valence-corrected chi connectivity index (χ2v) is 18.1. The average molecular weight is 798 g/mol. The second-order valence-electron chi connectivity index (χ2n) is 17.0. The predicted octanol–water partition coefficient (Wildman–Crippen LogP) is 15.6. The molecule has 0 radical (unpaired) electrons. The monoisotopic (exact) mass is 797 g/mol. The van der Waals surface area contributed by atoms with Gasteiger partial charge in [-0.25, -0.2) is 0 Å². The molecule has 0 spiro atoms. The van der Waals surface area contributed by atoms with Crippen molar-refractivity contribution < 1.29 is 0 Å². The number of hydrogen-bond acceptors (Lipinski definition) is 1. The fraction of sp³-hybridized carbons (Fsp3) is 0.0526. The topological polar surface area (TPSA) is 14.8 Å². The lowest BCUT2D eigenvalue weighted by atomic mass is 9.82. The van der Waals surface area contributed by atoms with Gasteiger partial charge < -0.3 is 13.7 Å². The highest BCUT2D eigenvalue weighted by molar-refractivity contribution is 7.25. The fourth-order valence-corrected chi connectivity index (χ4v) is 11.5. The third-order valence-corrected chi connectivity index (χ3v) is 14.4. The van der Waals surface area contributed by atoms with E-state index in [1.54, 1.807) is 0 Å². The van der Waals surface area contributed by atoms with Crippen molar-refractivity contribution >= 4 is 86.2 Å². The molecule has 0 unspecified atom stereocenters. The Hall–Kier alpha value is -7.40. The van der Waals surface area contributed by atoms with Crippen molar-refractivity contribution in [1.29, 1.82) is 0 Å². The number of rotatable bonds is 3. The molecule has 3 aromatic heterocycles. The van der Waals surface area contributed by atoms with Crippen LogP contribution in [0.25, 0.3) is 103 Å². The molecule has 0 N–H and O–H groups in total. The van der Waals surface area contributed by atoms with E-state index >= 15 is 0 Å². The molecule has 0 fully saturated rings. The van der Waals surface area contributed by atoms with Crippen LogP contribution in [0.5, 0.6) is 0 Å². The highest BCUT2D eigenvalue weighted by atomic mass is 32.1. The van der Waals surface area contributed by atoms with Gasteiger partial charge in [0.15, 0.2) is 0 Å². The first-order valence-electron chi connectivity index (χ1n) is 21.1. The normalized spacial score (nSPS) is 13.2. The summed E-state index contributed by atoms with van der Waals surface area (Å²) >= 11 is 1.87. The first kappa shape index (κ1) is 34.5. The van der Waals surface area contributed by atoms with Crippen LogP contribution >= 0.6 is 11.3 Å². The lowest BCUT2D eigenvalue weighted by Gasteiger charge is -2.22. The van der Waals surface area contributed by atoms with E-state index < -0.39 is 0 Å². The van der Waals surface area contributed by atoms with Gasteiger partial charge in [0, 0.05) is 69.8 Å². The molecule has 0 saturated heterocycles. The minimum Gasteiger partial charge on any atom is -0.310 e. The molecule has 3 heterocycles. The summed E-state index contributed by atoms with van der Waals surface area (Å²) < 4.78 is 9.93. The van der Waals surface area contributed by atoms with E-state index in [-0.39, 0.29) is 5.41 Å². The molecule has 13 rings (SSSR count). The lowest BCUT2D eigenvalue weighted by molar-refractivity contribution is 0.660. The Bertz CT molecular complexity index is 3850. The SMILES string of the molecule is CC1(C)c2ccccc2-c2ccc(-n3c4cccc(c4)c4cccc(c4)n(-c4cccc5c6ccccc6n(-c6ccccc6)c45)c4ccc5sc6ccc3cc6c5c4)cc21. The van der Waals surface area contributed by atoms with Crippen molar-refractivity contribution in [2.75, 3.05) is 0 Å². The second kappa shape index (κ2) is 12.8. The molecule has 0 aliphatic heterocycles. The molecule has 8 bridgehead atoms. The van der Waals surface area contributed by atoms with E-state index in [9.17, 15) is 0 Å². The number of aromatic nitrogens is 3. The summed E-state index contributed by atoms with van der Waals surface area (Å²) in [7, 11) is 0. The summed E-state index contributed by atoms with van der Waals surface area (Å²) in [4.78, 5) is 0. The Morgan fingerprint density at radius 1 is 0.377 bits per heavy atom. The van der Waals surface area contributed by atoms with Crippen LogP contribution in [0, 0.1) is 0 Å². The Morgan fingerprint density at radius 2 is 0.984 bits per heavy atom. The molecule has 12 aromatic rings. The standard InChI is InChI=1S/C57H39N3S/c1-57(2)50-22-8-6-19-44(50)45-28-25-43(35-51(45)57)58-39-17-10-13-36(31-39)37-14-11-18-40(32-37)59(42-27-30-55-49(34-42)48-33-41(58)26-29-54(48)61-55)53-24-12-21-47-46-20-7-9-23-52(46)60(56(47)53)38-15-4-3-5-16-38/h3-35H,1-2H3. The molecule has 1 aliphatic carbocycles. The van der Waals surface area contributed by atoms with Gasteiger partial charge in [0.05, 0.1) is 16.7 Å². The van der Waals surface area contributed by atoms with Crippen molar-refractivity contribution in [1.82, 2.24) is 13.7 Å². The molecule has 4 heteroatoms. The summed E-state index contributed by atoms with van der Waals surface area (Å²) in [5.74, 6) is 0. The molecule has 1 aliphatic rings. The number of fused-ring (bicyclic) bond motifs is 13. The molecule has 288 valence electrons. The van der Waals surface area contributed by atoms with E-state index in [2.05, 4.69) is 228 Å². The van der Waals surface area contributed by atoms with Crippen LogP contribution in [0.15, 0.2) is 200 Å². The largest absolute Gasteiger partial charge is 0.310 e. The average Bonchev–Trinajstić information content (AvgIpc) is 3.92. The van der Waals surface area contributed by atoms with E-state index in [1.165, 1.54) is 69.6 Å². The third-order valence-electron chi connectivity index (χ3n) is 13.2. The molecule has 0 amide bonds. The van der Waals surface area contributed by atoms with Gasteiger partial charge in [-0.05, 0) is 130 Å². The van der Waals surface area contributed by atoms with Gasteiger partial charge in [-0.1, -0.05) is 117 Å². The summed E-state index contributed by atoms with van der Waals surface area (Å²) in [6, 6.07) is 74.6. The summed E-state index contributed by atoms with van der Waals surface area (Å²) in [5.41, 5.74) is 15.6. The highest BCUT2D eigenvalue weighted by Crippen LogP contribution is 2.49. The minimum absolute atomic E-state index is 0.109. The first-order valence-corrected chi connectivity index (χ1v) is 21.9. The smallest absolute Gasteiger partial charge is 0.0782 e. The Balaban J connectivity index is 1.16. The molecular weight excluding hydrogens is 759 g/mol. The zero-order valence-electron chi connectivity index (χ0n) is 33.8. The summed E-state index contributed by atoms with van der Waals surface area (Å²) in [5, 5.41) is 7.31. The highest BCUT2D eigenvalue weighted by Gasteiger charge is 2.35. The summed E-state index contributed by atoms with van der Waals surface area (Å²) in [6.45, 7) is 4.73.